The maximum Gasteiger partial charge on any atom is 0.232 e. The number of hydrogen-bond donors (Lipinski definition) is 1. The molecule has 1 saturated carbocycles. The van der Waals surface area contributed by atoms with Crippen molar-refractivity contribution in [3.05, 3.63) is 48.7 Å². The Kier molecular flexibility index (Phi) is 3.24. The molecule has 0 bridgehead atoms. The van der Waals surface area contributed by atoms with E-state index in [0.717, 1.165) is 47.3 Å². The maximum atomic E-state index is 6.10. The largest absolute Gasteiger partial charge is 0.472 e. The van der Waals surface area contributed by atoms with Gasteiger partial charge in [0.2, 0.25) is 5.88 Å². The molecular weight excluding hydrogens is 316 g/mol. The summed E-state index contributed by atoms with van der Waals surface area (Å²) in [6, 6.07) is 13.7. The summed E-state index contributed by atoms with van der Waals surface area (Å²) >= 11 is 0. The minimum atomic E-state index is 0.0307. The van der Waals surface area contributed by atoms with Gasteiger partial charge in [0, 0.05) is 17.5 Å². The van der Waals surface area contributed by atoms with Crippen molar-refractivity contribution in [2.75, 3.05) is 0 Å². The van der Waals surface area contributed by atoms with Gasteiger partial charge in [-0.2, -0.15) is 0 Å². The molecule has 2 atom stereocenters. The van der Waals surface area contributed by atoms with Crippen LogP contribution in [0.5, 0.6) is 5.88 Å². The van der Waals surface area contributed by atoms with Gasteiger partial charge in [0.15, 0.2) is 11.4 Å². The number of fused-ring (bicyclic) bond motifs is 2. The highest BCUT2D eigenvalue weighted by Gasteiger charge is 2.26. The molecule has 4 aromatic rings. The molecule has 3 heterocycles. The van der Waals surface area contributed by atoms with Crippen molar-refractivity contribution in [3.8, 4) is 17.3 Å². The van der Waals surface area contributed by atoms with Gasteiger partial charge >= 0.3 is 0 Å². The number of rotatable bonds is 3. The Morgan fingerprint density at radius 1 is 1.16 bits per heavy atom. The van der Waals surface area contributed by atoms with Crippen molar-refractivity contribution in [1.82, 2.24) is 14.6 Å². The lowest BCUT2D eigenvalue weighted by molar-refractivity contribution is 0.181. The molecule has 1 aliphatic carbocycles. The number of benzene rings is 1. The summed E-state index contributed by atoms with van der Waals surface area (Å²) in [6.07, 6.45) is 4.88. The van der Waals surface area contributed by atoms with E-state index in [1.54, 1.807) is 10.7 Å². The van der Waals surface area contributed by atoms with Crippen LogP contribution in [0.25, 0.3) is 28.1 Å². The molecule has 0 amide bonds. The van der Waals surface area contributed by atoms with Crippen molar-refractivity contribution in [2.24, 2.45) is 5.73 Å². The van der Waals surface area contributed by atoms with Crippen LogP contribution in [0, 0.1) is 0 Å². The fraction of sp³-hybridized carbons (Fsp3) is 0.263. The summed E-state index contributed by atoms with van der Waals surface area (Å²) in [7, 11) is 0. The average Bonchev–Trinajstić information content (AvgIpc) is 3.33. The van der Waals surface area contributed by atoms with Crippen molar-refractivity contribution in [2.45, 2.75) is 31.4 Å². The van der Waals surface area contributed by atoms with Gasteiger partial charge in [0.05, 0.1) is 6.20 Å². The normalized spacial score (nSPS) is 20.5. The molecule has 3 aromatic heterocycles. The third kappa shape index (κ3) is 2.46. The summed E-state index contributed by atoms with van der Waals surface area (Å²) in [5.74, 6) is 1.29. The van der Waals surface area contributed by atoms with Crippen molar-refractivity contribution >= 4 is 16.6 Å². The van der Waals surface area contributed by atoms with E-state index >= 15 is 0 Å². The van der Waals surface area contributed by atoms with Gasteiger partial charge in [-0.3, -0.25) is 0 Å². The smallest absolute Gasteiger partial charge is 0.232 e. The van der Waals surface area contributed by atoms with E-state index in [1.807, 2.05) is 42.5 Å². The fourth-order valence-electron chi connectivity index (χ4n) is 3.45. The predicted molar refractivity (Wildman–Crippen MR) is 94.4 cm³/mol. The molecule has 2 N–H and O–H groups in total. The molecule has 1 unspecified atom stereocenters. The summed E-state index contributed by atoms with van der Waals surface area (Å²) in [5, 5.41) is 5.65. The lowest BCUT2D eigenvalue weighted by Crippen LogP contribution is -2.33. The molecule has 0 radical (unpaired) electrons. The van der Waals surface area contributed by atoms with Crippen LogP contribution in [-0.4, -0.2) is 26.7 Å². The number of imidazole rings is 1. The quantitative estimate of drug-likeness (QED) is 0.621. The summed E-state index contributed by atoms with van der Waals surface area (Å²) in [4.78, 5) is 4.41. The van der Waals surface area contributed by atoms with E-state index in [1.165, 1.54) is 0 Å². The molecule has 5 rings (SSSR count). The Morgan fingerprint density at radius 3 is 2.92 bits per heavy atom. The van der Waals surface area contributed by atoms with Gasteiger partial charge in [-0.1, -0.05) is 18.2 Å². The third-order valence-corrected chi connectivity index (χ3v) is 4.79. The van der Waals surface area contributed by atoms with E-state index < -0.39 is 0 Å². The van der Waals surface area contributed by atoms with E-state index in [9.17, 15) is 0 Å². The maximum absolute atomic E-state index is 6.10. The molecule has 1 fully saturated rings. The van der Waals surface area contributed by atoms with Gasteiger partial charge in [0.1, 0.15) is 17.4 Å². The van der Waals surface area contributed by atoms with Crippen LogP contribution in [0.15, 0.2) is 53.1 Å². The first kappa shape index (κ1) is 14.5. The highest BCUT2D eigenvalue weighted by atomic mass is 16.5. The SMILES string of the molecule is NC1CCC[C@H]1Oc1ccc2ncc(-c3cc4ccccc4o3)n2n1. The molecule has 1 aliphatic rings. The van der Waals surface area contributed by atoms with Crippen LogP contribution in [0.1, 0.15) is 19.3 Å². The molecular formula is C19H18N4O2. The second kappa shape index (κ2) is 5.60. The number of aromatic nitrogens is 3. The second-order valence-corrected chi connectivity index (χ2v) is 6.48. The minimum Gasteiger partial charge on any atom is -0.472 e. The fourth-order valence-corrected chi connectivity index (χ4v) is 3.45. The van der Waals surface area contributed by atoms with Crippen LogP contribution >= 0.6 is 0 Å². The molecule has 0 saturated heterocycles. The Balaban J connectivity index is 1.55. The van der Waals surface area contributed by atoms with Gasteiger partial charge in [-0.05, 0) is 37.5 Å². The molecule has 126 valence electrons. The zero-order chi connectivity index (χ0) is 16.8. The Labute approximate surface area is 144 Å². The topological polar surface area (TPSA) is 78.6 Å². The summed E-state index contributed by atoms with van der Waals surface area (Å²) in [6.45, 7) is 0. The van der Waals surface area contributed by atoms with Gasteiger partial charge in [-0.15, -0.1) is 5.10 Å². The summed E-state index contributed by atoms with van der Waals surface area (Å²) in [5.41, 5.74) is 8.49. The molecule has 6 heteroatoms. The first-order valence-corrected chi connectivity index (χ1v) is 8.54. The molecule has 0 aliphatic heterocycles. The van der Waals surface area contributed by atoms with E-state index in [4.69, 9.17) is 14.9 Å². The first-order chi connectivity index (χ1) is 12.3. The van der Waals surface area contributed by atoms with Crippen LogP contribution in [0.3, 0.4) is 0 Å². The van der Waals surface area contributed by atoms with Crippen molar-refractivity contribution in [3.63, 3.8) is 0 Å². The molecule has 25 heavy (non-hydrogen) atoms. The third-order valence-electron chi connectivity index (χ3n) is 4.79. The Hall–Kier alpha value is -2.86. The second-order valence-electron chi connectivity index (χ2n) is 6.48. The first-order valence-electron chi connectivity index (χ1n) is 8.54. The zero-order valence-corrected chi connectivity index (χ0v) is 13.6. The number of nitrogens with two attached hydrogens (primary N) is 1. The lowest BCUT2D eigenvalue weighted by Gasteiger charge is -2.16. The van der Waals surface area contributed by atoms with E-state index in [-0.39, 0.29) is 12.1 Å². The lowest BCUT2D eigenvalue weighted by atomic mass is 10.2. The average molecular weight is 334 g/mol. The number of para-hydroxylation sites is 1. The summed E-state index contributed by atoms with van der Waals surface area (Å²) < 4.78 is 13.7. The van der Waals surface area contributed by atoms with Crippen molar-refractivity contribution < 1.29 is 9.15 Å². The number of ether oxygens (including phenoxy) is 1. The predicted octanol–water partition coefficient (Wildman–Crippen LogP) is 3.40. The van der Waals surface area contributed by atoms with Crippen LogP contribution in [0.4, 0.5) is 0 Å². The number of furan rings is 1. The highest BCUT2D eigenvalue weighted by molar-refractivity contribution is 5.82. The number of nitrogens with zero attached hydrogens (tertiary/aromatic N) is 3. The monoisotopic (exact) mass is 334 g/mol. The van der Waals surface area contributed by atoms with Gasteiger partial charge in [-0.25, -0.2) is 9.50 Å². The zero-order valence-electron chi connectivity index (χ0n) is 13.6. The highest BCUT2D eigenvalue weighted by Crippen LogP contribution is 2.29. The molecule has 6 nitrogen and oxygen atoms in total. The standard InChI is InChI=1S/C19H18N4O2/c20-13-5-3-7-16(13)25-19-9-8-18-21-11-14(23(18)22-19)17-10-12-4-1-2-6-15(12)24-17/h1-2,4,6,8-11,13,16H,3,5,7,20H2/t13?,16-/m1/s1. The minimum absolute atomic E-state index is 0.0307. The van der Waals surface area contributed by atoms with Crippen LogP contribution in [-0.2, 0) is 0 Å². The van der Waals surface area contributed by atoms with E-state index in [0.29, 0.717) is 5.88 Å². The number of hydrogen-bond acceptors (Lipinski definition) is 5. The van der Waals surface area contributed by atoms with Crippen LogP contribution < -0.4 is 10.5 Å². The van der Waals surface area contributed by atoms with Gasteiger partial charge in [0.25, 0.3) is 0 Å². The Morgan fingerprint density at radius 2 is 2.08 bits per heavy atom. The van der Waals surface area contributed by atoms with Gasteiger partial charge < -0.3 is 14.9 Å². The van der Waals surface area contributed by atoms with Crippen LogP contribution in [0.2, 0.25) is 0 Å². The molecule has 1 aromatic carbocycles. The van der Waals surface area contributed by atoms with Crippen molar-refractivity contribution in [1.29, 1.82) is 0 Å². The Bertz CT molecular complexity index is 1020. The van der Waals surface area contributed by atoms with E-state index in [2.05, 4.69) is 10.1 Å². The molecule has 0 spiro atoms.